The molecule has 0 fully saturated rings. The molecule has 11 heavy (non-hydrogen) atoms. The molecule has 0 amide bonds. The summed E-state index contributed by atoms with van der Waals surface area (Å²) in [7, 11) is 1.54. The van der Waals surface area contributed by atoms with Crippen molar-refractivity contribution in [3.8, 4) is 0 Å². The lowest BCUT2D eigenvalue weighted by atomic mass is 10.2. The van der Waals surface area contributed by atoms with Crippen LogP contribution in [0.5, 0.6) is 0 Å². The molecule has 0 saturated carbocycles. The Morgan fingerprint density at radius 3 is 2.45 bits per heavy atom. The first-order valence-corrected chi connectivity index (χ1v) is 3.56. The van der Waals surface area contributed by atoms with Crippen LogP contribution in [0.2, 0.25) is 0 Å². The average molecular weight is 154 g/mol. The predicted octanol–water partition coefficient (Wildman–Crippen LogP) is 2.07. The monoisotopic (exact) mass is 154 g/mol. The molecule has 2 heteroatoms. The van der Waals surface area contributed by atoms with Gasteiger partial charge in [-0.25, -0.2) is 0 Å². The van der Waals surface area contributed by atoms with E-state index in [4.69, 9.17) is 4.74 Å². The van der Waals surface area contributed by atoms with Gasteiger partial charge in [-0.1, -0.05) is 13.5 Å². The largest absolute Gasteiger partial charge is 0.496 e. The van der Waals surface area contributed by atoms with Crippen LogP contribution < -0.4 is 0 Å². The molecule has 0 aromatic rings. The summed E-state index contributed by atoms with van der Waals surface area (Å²) in [5.74, 6) is 0.566. The van der Waals surface area contributed by atoms with E-state index in [1.54, 1.807) is 0 Å². The van der Waals surface area contributed by atoms with Crippen LogP contribution in [-0.4, -0.2) is 12.9 Å². The second-order valence-corrected chi connectivity index (χ2v) is 2.28. The van der Waals surface area contributed by atoms with E-state index < -0.39 is 0 Å². The van der Waals surface area contributed by atoms with Gasteiger partial charge >= 0.3 is 0 Å². The van der Waals surface area contributed by atoms with Gasteiger partial charge in [0.2, 0.25) is 0 Å². The number of carbonyl (C=O) groups is 1. The zero-order valence-electron chi connectivity index (χ0n) is 7.31. The van der Waals surface area contributed by atoms with Gasteiger partial charge < -0.3 is 4.74 Å². The molecule has 0 spiro atoms. The number of hydrogen-bond donors (Lipinski definition) is 0. The van der Waals surface area contributed by atoms with Gasteiger partial charge in [0.1, 0.15) is 5.76 Å². The standard InChI is InChI=1S/C9H14O2/c1-5-7(2)9(11-4)6-8(3)10/h6H,2,5H2,1,3-4H3/b9-6+. The van der Waals surface area contributed by atoms with E-state index in [0.717, 1.165) is 12.0 Å². The van der Waals surface area contributed by atoms with Crippen LogP contribution in [0, 0.1) is 0 Å². The van der Waals surface area contributed by atoms with Crippen LogP contribution in [0.1, 0.15) is 20.3 Å². The molecule has 0 heterocycles. The molecular formula is C9H14O2. The summed E-state index contributed by atoms with van der Waals surface area (Å²) in [5.41, 5.74) is 0.850. The highest BCUT2D eigenvalue weighted by molar-refractivity contribution is 5.88. The first-order valence-electron chi connectivity index (χ1n) is 3.56. The van der Waals surface area contributed by atoms with Crippen molar-refractivity contribution >= 4 is 5.78 Å². The lowest BCUT2D eigenvalue weighted by Gasteiger charge is -2.05. The van der Waals surface area contributed by atoms with Crippen molar-refractivity contribution in [2.45, 2.75) is 20.3 Å². The van der Waals surface area contributed by atoms with Gasteiger partial charge in [-0.05, 0) is 18.9 Å². The fraction of sp³-hybridized carbons (Fsp3) is 0.444. The lowest BCUT2D eigenvalue weighted by molar-refractivity contribution is -0.112. The molecule has 0 rings (SSSR count). The fourth-order valence-electron chi connectivity index (χ4n) is 0.664. The van der Waals surface area contributed by atoms with E-state index in [0.29, 0.717) is 5.76 Å². The van der Waals surface area contributed by atoms with Crippen LogP contribution >= 0.6 is 0 Å². The molecule has 0 aliphatic heterocycles. The number of ketones is 1. The molecule has 0 unspecified atom stereocenters. The molecule has 0 aromatic carbocycles. The number of carbonyl (C=O) groups excluding carboxylic acids is 1. The second-order valence-electron chi connectivity index (χ2n) is 2.28. The zero-order chi connectivity index (χ0) is 8.85. The van der Waals surface area contributed by atoms with Crippen molar-refractivity contribution in [1.29, 1.82) is 0 Å². The van der Waals surface area contributed by atoms with Gasteiger partial charge in [0.25, 0.3) is 0 Å². The van der Waals surface area contributed by atoms with Gasteiger partial charge in [-0.2, -0.15) is 0 Å². The van der Waals surface area contributed by atoms with Crippen molar-refractivity contribution in [2.75, 3.05) is 7.11 Å². The SMILES string of the molecule is C=C(CC)/C(=C\C(C)=O)OC. The van der Waals surface area contributed by atoms with E-state index in [9.17, 15) is 4.79 Å². The molecule has 0 aliphatic rings. The molecular weight excluding hydrogens is 140 g/mol. The minimum Gasteiger partial charge on any atom is -0.496 e. The quantitative estimate of drug-likeness (QED) is 0.352. The van der Waals surface area contributed by atoms with Gasteiger partial charge in [0.15, 0.2) is 5.78 Å². The van der Waals surface area contributed by atoms with Crippen LogP contribution in [0.15, 0.2) is 24.0 Å². The summed E-state index contributed by atoms with van der Waals surface area (Å²) >= 11 is 0. The maximum atomic E-state index is 10.6. The normalized spacial score (nSPS) is 11.0. The first-order chi connectivity index (χ1) is 5.11. The van der Waals surface area contributed by atoms with E-state index in [1.807, 2.05) is 6.92 Å². The number of allylic oxidation sites excluding steroid dienone is 2. The highest BCUT2D eigenvalue weighted by atomic mass is 16.5. The fourth-order valence-corrected chi connectivity index (χ4v) is 0.664. The molecule has 0 atom stereocenters. The average Bonchev–Trinajstić information content (AvgIpc) is 1.98. The third-order valence-corrected chi connectivity index (χ3v) is 1.33. The summed E-state index contributed by atoms with van der Waals surface area (Å²) in [6.07, 6.45) is 2.25. The van der Waals surface area contributed by atoms with Gasteiger partial charge in [0.05, 0.1) is 7.11 Å². The Morgan fingerprint density at radius 2 is 2.18 bits per heavy atom. The van der Waals surface area contributed by atoms with Crippen molar-refractivity contribution in [1.82, 2.24) is 0 Å². The van der Waals surface area contributed by atoms with Crippen molar-refractivity contribution in [3.63, 3.8) is 0 Å². The van der Waals surface area contributed by atoms with Crippen LogP contribution in [0.4, 0.5) is 0 Å². The smallest absolute Gasteiger partial charge is 0.156 e. The van der Waals surface area contributed by atoms with Crippen molar-refractivity contribution in [3.05, 3.63) is 24.0 Å². The Balaban J connectivity index is 4.39. The Labute approximate surface area is 67.6 Å². The third-order valence-electron chi connectivity index (χ3n) is 1.33. The molecule has 2 nitrogen and oxygen atoms in total. The van der Waals surface area contributed by atoms with E-state index in [1.165, 1.54) is 20.1 Å². The minimum absolute atomic E-state index is 0.0172. The maximum absolute atomic E-state index is 10.6. The molecule has 0 aliphatic carbocycles. The second kappa shape index (κ2) is 4.72. The lowest BCUT2D eigenvalue weighted by Crippen LogP contribution is -1.94. The predicted molar refractivity (Wildman–Crippen MR) is 45.2 cm³/mol. The highest BCUT2D eigenvalue weighted by Crippen LogP contribution is 2.11. The summed E-state index contributed by atoms with van der Waals surface area (Å²) < 4.78 is 4.95. The Kier molecular flexibility index (Phi) is 4.27. The molecule has 0 N–H and O–H groups in total. The Morgan fingerprint density at radius 1 is 1.64 bits per heavy atom. The maximum Gasteiger partial charge on any atom is 0.156 e. The molecule has 0 aromatic heterocycles. The van der Waals surface area contributed by atoms with Gasteiger partial charge in [0, 0.05) is 6.08 Å². The van der Waals surface area contributed by atoms with Crippen molar-refractivity contribution in [2.24, 2.45) is 0 Å². The number of rotatable bonds is 4. The number of ether oxygens (including phenoxy) is 1. The van der Waals surface area contributed by atoms with Gasteiger partial charge in [-0.15, -0.1) is 0 Å². The van der Waals surface area contributed by atoms with E-state index >= 15 is 0 Å². The van der Waals surface area contributed by atoms with Crippen LogP contribution in [0.3, 0.4) is 0 Å². The van der Waals surface area contributed by atoms with E-state index in [2.05, 4.69) is 6.58 Å². The van der Waals surface area contributed by atoms with Crippen molar-refractivity contribution < 1.29 is 9.53 Å². The van der Waals surface area contributed by atoms with Crippen LogP contribution in [0.25, 0.3) is 0 Å². The third kappa shape index (κ3) is 3.61. The van der Waals surface area contributed by atoms with Crippen LogP contribution in [-0.2, 0) is 9.53 Å². The molecule has 0 saturated heterocycles. The molecule has 0 radical (unpaired) electrons. The summed E-state index contributed by atoms with van der Waals surface area (Å²) in [6.45, 7) is 7.21. The summed E-state index contributed by atoms with van der Waals surface area (Å²) in [4.78, 5) is 10.6. The highest BCUT2D eigenvalue weighted by Gasteiger charge is 2.00. The minimum atomic E-state index is -0.0172. The zero-order valence-corrected chi connectivity index (χ0v) is 7.31. The van der Waals surface area contributed by atoms with Gasteiger partial charge in [-0.3, -0.25) is 4.79 Å². The number of hydrogen-bond acceptors (Lipinski definition) is 2. The Bertz CT molecular complexity index is 190. The van der Waals surface area contributed by atoms with E-state index in [-0.39, 0.29) is 5.78 Å². The number of methoxy groups -OCH3 is 1. The summed E-state index contributed by atoms with van der Waals surface area (Å²) in [5, 5.41) is 0. The Hall–Kier alpha value is -1.05. The summed E-state index contributed by atoms with van der Waals surface area (Å²) in [6, 6.07) is 0. The topological polar surface area (TPSA) is 26.3 Å². The first kappa shape index (κ1) is 9.95. The molecule has 62 valence electrons. The molecule has 0 bridgehead atoms.